The fourth-order valence-electron chi connectivity index (χ4n) is 3.36. The Morgan fingerprint density at radius 3 is 2.59 bits per heavy atom. The van der Waals surface area contributed by atoms with E-state index in [9.17, 15) is 14.4 Å². The number of nitrogens with one attached hydrogen (secondary N) is 1. The van der Waals surface area contributed by atoms with Gasteiger partial charge >= 0.3 is 5.97 Å². The predicted molar refractivity (Wildman–Crippen MR) is 122 cm³/mol. The van der Waals surface area contributed by atoms with Crippen LogP contribution < -0.4 is 10.1 Å². The van der Waals surface area contributed by atoms with Crippen molar-refractivity contribution < 1.29 is 28.3 Å². The van der Waals surface area contributed by atoms with Crippen LogP contribution >= 0.6 is 11.8 Å². The molecule has 32 heavy (non-hydrogen) atoms. The van der Waals surface area contributed by atoms with Gasteiger partial charge in [0.1, 0.15) is 22.6 Å². The third-order valence-electron chi connectivity index (χ3n) is 4.73. The van der Waals surface area contributed by atoms with E-state index in [0.29, 0.717) is 10.8 Å². The van der Waals surface area contributed by atoms with Crippen molar-refractivity contribution in [2.24, 2.45) is 0 Å². The number of fused-ring (bicyclic) bond motifs is 1. The Kier molecular flexibility index (Phi) is 7.19. The topological polar surface area (TPSA) is 108 Å². The minimum atomic E-state index is -0.726. The van der Waals surface area contributed by atoms with Crippen molar-refractivity contribution in [1.29, 1.82) is 0 Å². The van der Waals surface area contributed by atoms with Gasteiger partial charge in [-0.2, -0.15) is 0 Å². The number of nitrogens with zero attached hydrogens (tertiary/aromatic N) is 1. The van der Waals surface area contributed by atoms with E-state index in [0.717, 1.165) is 16.5 Å². The first kappa shape index (κ1) is 23.3. The number of furan rings is 1. The van der Waals surface area contributed by atoms with Crippen molar-refractivity contribution in [3.63, 3.8) is 0 Å². The SMILES string of the molecule is CCOC(=O)c1c(NC(=O)CSc2cc(C)c3cccc(OC)c3n2)oc(C)c1C(C)=O. The van der Waals surface area contributed by atoms with Crippen molar-refractivity contribution >= 4 is 46.2 Å². The quantitative estimate of drug-likeness (QED) is 0.298. The van der Waals surface area contributed by atoms with E-state index < -0.39 is 11.9 Å². The van der Waals surface area contributed by atoms with E-state index >= 15 is 0 Å². The van der Waals surface area contributed by atoms with E-state index in [1.807, 2.05) is 31.2 Å². The molecule has 0 unspecified atom stereocenters. The zero-order chi connectivity index (χ0) is 23.4. The number of carbonyl (C=O) groups excluding carboxylic acids is 3. The highest BCUT2D eigenvalue weighted by atomic mass is 32.2. The number of rotatable bonds is 8. The van der Waals surface area contributed by atoms with Crippen molar-refractivity contribution in [2.75, 3.05) is 24.8 Å². The molecule has 168 valence electrons. The lowest BCUT2D eigenvalue weighted by Crippen LogP contribution is -2.17. The number of ketones is 1. The third-order valence-corrected chi connectivity index (χ3v) is 5.64. The summed E-state index contributed by atoms with van der Waals surface area (Å²) in [5, 5.41) is 4.20. The summed E-state index contributed by atoms with van der Waals surface area (Å²) in [6, 6.07) is 7.59. The number of methoxy groups -OCH3 is 1. The summed E-state index contributed by atoms with van der Waals surface area (Å²) in [6.45, 7) is 6.62. The summed E-state index contributed by atoms with van der Waals surface area (Å²) in [5.41, 5.74) is 1.76. The number of benzene rings is 1. The number of para-hydroxylation sites is 1. The van der Waals surface area contributed by atoms with Gasteiger partial charge in [0.2, 0.25) is 11.8 Å². The Labute approximate surface area is 189 Å². The van der Waals surface area contributed by atoms with Gasteiger partial charge in [0.25, 0.3) is 0 Å². The van der Waals surface area contributed by atoms with Crippen LogP contribution in [0.25, 0.3) is 10.9 Å². The summed E-state index contributed by atoms with van der Waals surface area (Å²) in [6.07, 6.45) is 0. The molecule has 0 radical (unpaired) electrons. The Morgan fingerprint density at radius 1 is 1.19 bits per heavy atom. The van der Waals surface area contributed by atoms with Crippen molar-refractivity contribution in [3.8, 4) is 5.75 Å². The molecule has 0 bridgehead atoms. The van der Waals surface area contributed by atoms with Crippen molar-refractivity contribution in [1.82, 2.24) is 4.98 Å². The molecule has 3 rings (SSSR count). The first-order valence-corrected chi connectivity index (χ1v) is 10.9. The lowest BCUT2D eigenvalue weighted by molar-refractivity contribution is -0.113. The van der Waals surface area contributed by atoms with Crippen LogP contribution in [0.15, 0.2) is 33.7 Å². The van der Waals surface area contributed by atoms with E-state index in [2.05, 4.69) is 10.3 Å². The molecule has 0 saturated heterocycles. The summed E-state index contributed by atoms with van der Waals surface area (Å²) >= 11 is 1.23. The average molecular weight is 457 g/mol. The highest BCUT2D eigenvalue weighted by molar-refractivity contribution is 7.99. The highest BCUT2D eigenvalue weighted by Crippen LogP contribution is 2.31. The maximum absolute atomic E-state index is 12.6. The van der Waals surface area contributed by atoms with Crippen LogP contribution in [0, 0.1) is 13.8 Å². The lowest BCUT2D eigenvalue weighted by atomic mass is 10.1. The molecule has 9 heteroatoms. The molecule has 2 aromatic heterocycles. The molecule has 0 aliphatic heterocycles. The van der Waals surface area contributed by atoms with E-state index in [4.69, 9.17) is 13.9 Å². The van der Waals surface area contributed by atoms with Crippen LogP contribution in [-0.4, -0.2) is 42.1 Å². The molecule has 2 heterocycles. The van der Waals surface area contributed by atoms with Gasteiger partial charge in [-0.15, -0.1) is 0 Å². The van der Waals surface area contributed by atoms with Gasteiger partial charge in [-0.3, -0.25) is 14.9 Å². The molecule has 0 atom stereocenters. The van der Waals surface area contributed by atoms with E-state index in [1.54, 1.807) is 21.0 Å². The van der Waals surface area contributed by atoms with Crippen LogP contribution in [0.2, 0.25) is 0 Å². The van der Waals surface area contributed by atoms with Crippen LogP contribution in [0.5, 0.6) is 5.75 Å². The summed E-state index contributed by atoms with van der Waals surface area (Å²) < 4.78 is 15.9. The van der Waals surface area contributed by atoms with Crippen LogP contribution in [0.3, 0.4) is 0 Å². The second kappa shape index (κ2) is 9.86. The number of ether oxygens (including phenoxy) is 2. The molecule has 0 spiro atoms. The van der Waals surface area contributed by atoms with Crippen LogP contribution in [0.1, 0.15) is 45.9 Å². The molecule has 0 aliphatic carbocycles. The van der Waals surface area contributed by atoms with E-state index in [-0.39, 0.29) is 40.9 Å². The maximum Gasteiger partial charge on any atom is 0.344 e. The van der Waals surface area contributed by atoms with Crippen LogP contribution in [0.4, 0.5) is 5.88 Å². The van der Waals surface area contributed by atoms with Gasteiger partial charge in [0, 0.05) is 5.39 Å². The first-order chi connectivity index (χ1) is 15.3. The minimum absolute atomic E-state index is 0.0184. The van der Waals surface area contributed by atoms with Crippen LogP contribution in [-0.2, 0) is 9.53 Å². The summed E-state index contributed by atoms with van der Waals surface area (Å²) in [4.78, 5) is 41.6. The molecular weight excluding hydrogens is 432 g/mol. The number of anilines is 1. The molecule has 0 saturated carbocycles. The molecule has 8 nitrogen and oxygen atoms in total. The van der Waals surface area contributed by atoms with Gasteiger partial charge in [-0.1, -0.05) is 23.9 Å². The number of carbonyl (C=O) groups is 3. The predicted octanol–water partition coefficient (Wildman–Crippen LogP) is 4.56. The molecule has 3 aromatic rings. The fourth-order valence-corrected chi connectivity index (χ4v) is 4.12. The van der Waals surface area contributed by atoms with Crippen molar-refractivity contribution in [3.05, 3.63) is 46.7 Å². The van der Waals surface area contributed by atoms with Gasteiger partial charge in [-0.25, -0.2) is 9.78 Å². The van der Waals surface area contributed by atoms with Gasteiger partial charge in [0.05, 0.1) is 30.1 Å². The van der Waals surface area contributed by atoms with Gasteiger partial charge in [0.15, 0.2) is 5.78 Å². The maximum atomic E-state index is 12.6. The Bertz CT molecular complexity index is 1200. The number of aryl methyl sites for hydroxylation is 2. The molecule has 1 N–H and O–H groups in total. The third kappa shape index (κ3) is 4.77. The Morgan fingerprint density at radius 2 is 1.94 bits per heavy atom. The number of aromatic nitrogens is 1. The number of amides is 1. The number of esters is 1. The minimum Gasteiger partial charge on any atom is -0.494 e. The number of hydrogen-bond acceptors (Lipinski definition) is 8. The van der Waals surface area contributed by atoms with Crippen molar-refractivity contribution in [2.45, 2.75) is 32.7 Å². The lowest BCUT2D eigenvalue weighted by Gasteiger charge is -2.09. The Hall–Kier alpha value is -3.33. The number of thioether (sulfide) groups is 1. The first-order valence-electron chi connectivity index (χ1n) is 9.95. The van der Waals surface area contributed by atoms with E-state index in [1.165, 1.54) is 18.7 Å². The number of pyridine rings is 1. The normalized spacial score (nSPS) is 10.8. The highest BCUT2D eigenvalue weighted by Gasteiger charge is 2.28. The zero-order valence-electron chi connectivity index (χ0n) is 18.5. The Balaban J connectivity index is 1.81. The average Bonchev–Trinajstić information content (AvgIpc) is 3.08. The molecular formula is C23H24N2O6S. The molecule has 0 fully saturated rings. The fraction of sp³-hybridized carbons (Fsp3) is 0.304. The summed E-state index contributed by atoms with van der Waals surface area (Å²) in [5.74, 6) is -0.679. The van der Waals surface area contributed by atoms with Gasteiger partial charge < -0.3 is 13.9 Å². The van der Waals surface area contributed by atoms with Gasteiger partial charge in [-0.05, 0) is 45.4 Å². The number of hydrogen-bond donors (Lipinski definition) is 1. The largest absolute Gasteiger partial charge is 0.494 e. The standard InChI is InChI=1S/C23H24N2O6S/c1-6-30-23(28)20-19(13(3)26)14(4)31-22(20)24-17(27)11-32-18-10-12(2)15-8-7-9-16(29-5)21(15)25-18/h7-10H,6,11H2,1-5H3,(H,24,27). The smallest absolute Gasteiger partial charge is 0.344 e. The number of Topliss-reactive ketones (excluding diaryl/α,β-unsaturated/α-hetero) is 1. The summed E-state index contributed by atoms with van der Waals surface area (Å²) in [7, 11) is 1.58. The zero-order valence-corrected chi connectivity index (χ0v) is 19.3. The molecule has 1 aromatic carbocycles. The molecule has 0 aliphatic rings. The monoisotopic (exact) mass is 456 g/mol. The second-order valence-electron chi connectivity index (χ2n) is 6.98. The second-order valence-corrected chi connectivity index (χ2v) is 7.98. The molecule has 1 amide bonds.